The van der Waals surface area contributed by atoms with Gasteiger partial charge in [0.2, 0.25) is 0 Å². The third-order valence-electron chi connectivity index (χ3n) is 4.55. The fourth-order valence-electron chi connectivity index (χ4n) is 2.82. The van der Waals surface area contributed by atoms with E-state index in [1.165, 1.54) is 7.11 Å². The molecule has 0 aliphatic carbocycles. The molecule has 0 unspecified atom stereocenters. The van der Waals surface area contributed by atoms with Gasteiger partial charge in [0.25, 0.3) is 5.56 Å². The number of carbonyl (C=O) groups excluding carboxylic acids is 1. The normalized spacial score (nSPS) is 11.2. The topological polar surface area (TPSA) is 116 Å². The number of aromatic amines is 1. The van der Waals surface area contributed by atoms with E-state index in [0.717, 1.165) is 15.7 Å². The van der Waals surface area contributed by atoms with Crippen LogP contribution < -0.4 is 11.2 Å². The molecule has 9 nitrogen and oxygen atoms in total. The lowest BCUT2D eigenvalue weighted by atomic mass is 10.1. The highest BCUT2D eigenvalue weighted by atomic mass is 16.5. The molecule has 0 amide bonds. The monoisotopic (exact) mass is 386 g/mol. The number of carbonyl (C=O) groups is 1. The number of nitrogens with zero attached hydrogens (tertiary/aromatic N) is 3. The number of ether oxygens (including phenoxy) is 2. The summed E-state index contributed by atoms with van der Waals surface area (Å²) in [5, 5.41) is 0. The van der Waals surface area contributed by atoms with Crippen molar-refractivity contribution < 1.29 is 14.3 Å². The zero-order valence-electron chi connectivity index (χ0n) is 16.1. The van der Waals surface area contributed by atoms with Crippen LogP contribution in [0, 0.1) is 13.8 Å². The smallest absolute Gasteiger partial charge is 0.330 e. The van der Waals surface area contributed by atoms with Crippen molar-refractivity contribution in [1.29, 1.82) is 0 Å². The van der Waals surface area contributed by atoms with Crippen molar-refractivity contribution in [2.24, 2.45) is 0 Å². The summed E-state index contributed by atoms with van der Waals surface area (Å²) in [6.07, 6.45) is 0.764. The summed E-state index contributed by atoms with van der Waals surface area (Å²) in [7, 11) is 1.33. The molecule has 3 rings (SSSR count). The Bertz CT molecular complexity index is 1150. The Kier molecular flexibility index (Phi) is 5.84. The van der Waals surface area contributed by atoms with Crippen LogP contribution in [0.1, 0.15) is 24.0 Å². The van der Waals surface area contributed by atoms with Gasteiger partial charge in [-0.2, -0.15) is 0 Å². The van der Waals surface area contributed by atoms with Gasteiger partial charge < -0.3 is 9.47 Å². The van der Waals surface area contributed by atoms with E-state index in [2.05, 4.69) is 19.7 Å². The Labute approximate surface area is 160 Å². The molecule has 148 valence electrons. The van der Waals surface area contributed by atoms with E-state index >= 15 is 0 Å². The Morgan fingerprint density at radius 1 is 1.11 bits per heavy atom. The average molecular weight is 386 g/mol. The maximum absolute atomic E-state index is 12.7. The van der Waals surface area contributed by atoms with Crippen LogP contribution in [-0.2, 0) is 20.8 Å². The van der Waals surface area contributed by atoms with Gasteiger partial charge in [0.05, 0.1) is 31.3 Å². The summed E-state index contributed by atoms with van der Waals surface area (Å²) in [6.45, 7) is 4.50. The van der Waals surface area contributed by atoms with Crippen LogP contribution in [0.15, 0.2) is 21.7 Å². The molecule has 0 radical (unpaired) electrons. The minimum Gasteiger partial charge on any atom is -0.469 e. The van der Waals surface area contributed by atoms with Crippen LogP contribution in [-0.4, -0.2) is 45.8 Å². The Morgan fingerprint density at radius 2 is 1.79 bits per heavy atom. The molecule has 2 aromatic heterocycles. The molecule has 0 saturated carbocycles. The lowest BCUT2D eigenvalue weighted by molar-refractivity contribution is -0.141. The van der Waals surface area contributed by atoms with E-state index in [0.29, 0.717) is 24.1 Å². The number of aromatic nitrogens is 4. The van der Waals surface area contributed by atoms with E-state index in [9.17, 15) is 14.4 Å². The quantitative estimate of drug-likeness (QED) is 0.369. The van der Waals surface area contributed by atoms with Gasteiger partial charge in [-0.1, -0.05) is 0 Å². The number of benzene rings is 1. The number of methoxy groups -OCH3 is 1. The number of nitrogens with one attached hydrogen (secondary N) is 1. The van der Waals surface area contributed by atoms with Gasteiger partial charge in [0, 0.05) is 13.0 Å². The maximum Gasteiger partial charge on any atom is 0.330 e. The minimum absolute atomic E-state index is 0.0783. The Hall–Kier alpha value is -3.07. The fourth-order valence-corrected chi connectivity index (χ4v) is 2.82. The predicted octanol–water partition coefficient (Wildman–Crippen LogP) is 1.22. The number of rotatable bonds is 7. The summed E-state index contributed by atoms with van der Waals surface area (Å²) in [5.41, 5.74) is 2.54. The molecule has 1 N–H and O–H groups in total. The maximum atomic E-state index is 12.7. The highest BCUT2D eigenvalue weighted by Crippen LogP contribution is 2.17. The van der Waals surface area contributed by atoms with Crippen molar-refractivity contribution in [2.75, 3.05) is 20.3 Å². The lowest BCUT2D eigenvalue weighted by Gasteiger charge is -2.08. The number of H-pyrrole nitrogens is 1. The predicted molar refractivity (Wildman–Crippen MR) is 103 cm³/mol. The van der Waals surface area contributed by atoms with Gasteiger partial charge in [-0.25, -0.2) is 14.8 Å². The molecule has 0 saturated heterocycles. The van der Waals surface area contributed by atoms with Gasteiger partial charge in [-0.05, 0) is 43.5 Å². The summed E-state index contributed by atoms with van der Waals surface area (Å²) in [6, 6.07) is 3.75. The zero-order valence-corrected chi connectivity index (χ0v) is 16.1. The SMILES string of the molecule is COC(=O)CCCOCCn1c(=O)[nH]c2nc3cc(C)c(C)cc3nc2c1=O. The number of hydrogen-bond donors (Lipinski definition) is 1. The fraction of sp³-hybridized carbons (Fsp3) is 0.421. The second kappa shape index (κ2) is 8.30. The molecule has 0 bridgehead atoms. The van der Waals surface area contributed by atoms with Crippen LogP contribution >= 0.6 is 0 Å². The van der Waals surface area contributed by atoms with Gasteiger partial charge in [-0.15, -0.1) is 0 Å². The number of esters is 1. The summed E-state index contributed by atoms with van der Waals surface area (Å²) in [4.78, 5) is 47.4. The molecule has 0 fully saturated rings. The average Bonchev–Trinajstić information content (AvgIpc) is 2.66. The minimum atomic E-state index is -0.562. The van der Waals surface area contributed by atoms with E-state index < -0.39 is 11.2 Å². The molecule has 0 spiro atoms. The highest BCUT2D eigenvalue weighted by Gasteiger charge is 2.12. The number of fused-ring (bicyclic) bond motifs is 2. The molecule has 0 atom stereocenters. The summed E-state index contributed by atoms with van der Waals surface area (Å²) < 4.78 is 11.0. The molecule has 28 heavy (non-hydrogen) atoms. The second-order valence-corrected chi connectivity index (χ2v) is 6.53. The van der Waals surface area contributed by atoms with Crippen molar-refractivity contribution in [1.82, 2.24) is 19.5 Å². The van der Waals surface area contributed by atoms with Crippen molar-refractivity contribution in [2.45, 2.75) is 33.2 Å². The molecule has 0 aliphatic rings. The zero-order chi connectivity index (χ0) is 20.3. The van der Waals surface area contributed by atoms with Crippen molar-refractivity contribution >= 4 is 28.2 Å². The van der Waals surface area contributed by atoms with Crippen LogP contribution in [0.3, 0.4) is 0 Å². The molecular weight excluding hydrogens is 364 g/mol. The van der Waals surface area contributed by atoms with Gasteiger partial charge in [-0.3, -0.25) is 19.1 Å². The Balaban J connectivity index is 1.80. The van der Waals surface area contributed by atoms with Gasteiger partial charge >= 0.3 is 11.7 Å². The molecular formula is C19H22N4O5. The van der Waals surface area contributed by atoms with E-state index in [1.54, 1.807) is 0 Å². The molecule has 3 aromatic rings. The first-order valence-corrected chi connectivity index (χ1v) is 8.97. The molecule has 0 aliphatic heterocycles. The van der Waals surface area contributed by atoms with Crippen molar-refractivity contribution in [3.63, 3.8) is 0 Å². The van der Waals surface area contributed by atoms with Crippen LogP contribution in [0.2, 0.25) is 0 Å². The molecule has 2 heterocycles. The standard InChI is InChI=1S/C19H22N4O5/c1-11-9-13-14(10-12(11)2)21-17-16(20-13)18(25)23(19(26)22-17)6-8-28-7-4-5-15(24)27-3/h9-10H,4-8H2,1-3H3,(H,21,22,26). The molecule has 1 aromatic carbocycles. The van der Waals surface area contributed by atoms with E-state index in [4.69, 9.17) is 4.74 Å². The first-order valence-electron chi connectivity index (χ1n) is 8.97. The van der Waals surface area contributed by atoms with Gasteiger partial charge in [0.15, 0.2) is 11.2 Å². The van der Waals surface area contributed by atoms with Crippen LogP contribution in [0.4, 0.5) is 0 Å². The highest BCUT2D eigenvalue weighted by molar-refractivity contribution is 5.84. The van der Waals surface area contributed by atoms with Crippen LogP contribution in [0.25, 0.3) is 22.2 Å². The second-order valence-electron chi connectivity index (χ2n) is 6.53. The van der Waals surface area contributed by atoms with Crippen molar-refractivity contribution in [3.8, 4) is 0 Å². The third-order valence-corrected chi connectivity index (χ3v) is 4.55. The summed E-state index contributed by atoms with van der Waals surface area (Å²) in [5.74, 6) is -0.304. The van der Waals surface area contributed by atoms with E-state index in [-0.39, 0.29) is 36.7 Å². The third kappa shape index (κ3) is 4.09. The lowest BCUT2D eigenvalue weighted by Crippen LogP contribution is -2.37. The Morgan fingerprint density at radius 3 is 2.46 bits per heavy atom. The van der Waals surface area contributed by atoms with Crippen LogP contribution in [0.5, 0.6) is 0 Å². The summed E-state index contributed by atoms with van der Waals surface area (Å²) >= 11 is 0. The van der Waals surface area contributed by atoms with E-state index in [1.807, 2.05) is 26.0 Å². The first-order chi connectivity index (χ1) is 13.4. The largest absolute Gasteiger partial charge is 0.469 e. The number of aryl methyl sites for hydroxylation is 2. The number of hydrogen-bond acceptors (Lipinski definition) is 7. The molecule has 9 heteroatoms. The first kappa shape index (κ1) is 19.7. The van der Waals surface area contributed by atoms with Gasteiger partial charge in [0.1, 0.15) is 0 Å². The van der Waals surface area contributed by atoms with Crippen molar-refractivity contribution in [3.05, 3.63) is 44.1 Å².